The Morgan fingerprint density at radius 1 is 1.50 bits per heavy atom. The number of amides is 1. The highest BCUT2D eigenvalue weighted by atomic mass is 35.5. The van der Waals surface area contributed by atoms with Crippen LogP contribution in [0.3, 0.4) is 0 Å². The Labute approximate surface area is 123 Å². The highest BCUT2D eigenvalue weighted by molar-refractivity contribution is 6.29. The fourth-order valence-corrected chi connectivity index (χ4v) is 2.94. The van der Waals surface area contributed by atoms with Crippen molar-refractivity contribution in [3.8, 4) is 0 Å². The van der Waals surface area contributed by atoms with Gasteiger partial charge >= 0.3 is 0 Å². The number of nitrogens with zero attached hydrogens (tertiary/aromatic N) is 3. The van der Waals surface area contributed by atoms with Crippen LogP contribution in [0.2, 0.25) is 5.15 Å². The summed E-state index contributed by atoms with van der Waals surface area (Å²) in [4.78, 5) is 23.0. The zero-order chi connectivity index (χ0) is 14.3. The molecule has 1 aromatic heterocycles. The van der Waals surface area contributed by atoms with Gasteiger partial charge in [-0.25, -0.2) is 9.97 Å². The highest BCUT2D eigenvalue weighted by Crippen LogP contribution is 2.40. The fourth-order valence-electron chi connectivity index (χ4n) is 2.75. The summed E-state index contributed by atoms with van der Waals surface area (Å²) in [5, 5.41) is 3.24. The van der Waals surface area contributed by atoms with Crippen molar-refractivity contribution in [2.75, 3.05) is 25.0 Å². The number of hydrogen-bond donors (Lipinski definition) is 1. The Morgan fingerprint density at radius 3 is 2.90 bits per heavy atom. The third-order valence-electron chi connectivity index (χ3n) is 4.21. The summed E-state index contributed by atoms with van der Waals surface area (Å²) in [5.41, 5.74) is -0.355. The highest BCUT2D eigenvalue weighted by Gasteiger charge is 2.40. The van der Waals surface area contributed by atoms with E-state index in [0.717, 1.165) is 37.4 Å². The van der Waals surface area contributed by atoms with Crippen LogP contribution in [0.1, 0.15) is 37.9 Å². The molecule has 0 spiro atoms. The van der Waals surface area contributed by atoms with E-state index in [0.29, 0.717) is 17.6 Å². The molecule has 1 saturated carbocycles. The number of aromatic nitrogens is 2. The molecule has 1 N–H and O–H groups in total. The first kappa shape index (κ1) is 13.6. The first-order chi connectivity index (χ1) is 9.51. The summed E-state index contributed by atoms with van der Waals surface area (Å²) < 4.78 is 0. The molecule has 0 aromatic carbocycles. The van der Waals surface area contributed by atoms with Gasteiger partial charge in [0.1, 0.15) is 16.8 Å². The maximum Gasteiger partial charge on any atom is 0.227 e. The number of halogens is 1. The maximum absolute atomic E-state index is 12.0. The molecule has 1 aliphatic heterocycles. The fraction of sp³-hybridized carbons (Fsp3) is 0.643. The molecule has 0 radical (unpaired) electrons. The van der Waals surface area contributed by atoms with E-state index in [-0.39, 0.29) is 11.3 Å². The van der Waals surface area contributed by atoms with Crippen molar-refractivity contribution >= 4 is 23.3 Å². The van der Waals surface area contributed by atoms with Crippen molar-refractivity contribution in [3.05, 3.63) is 17.0 Å². The number of nitrogens with one attached hydrogen (secondary N) is 1. The molecule has 1 amide bonds. The van der Waals surface area contributed by atoms with E-state index in [9.17, 15) is 4.79 Å². The topological polar surface area (TPSA) is 58.1 Å². The zero-order valence-electron chi connectivity index (χ0n) is 11.8. The lowest BCUT2D eigenvalue weighted by Crippen LogP contribution is -2.39. The summed E-state index contributed by atoms with van der Waals surface area (Å²) in [6.45, 7) is 3.49. The second-order valence-corrected chi connectivity index (χ2v) is 6.38. The Morgan fingerprint density at radius 2 is 2.25 bits per heavy atom. The molecule has 108 valence electrons. The van der Waals surface area contributed by atoms with Gasteiger partial charge in [-0.15, -0.1) is 0 Å². The summed E-state index contributed by atoms with van der Waals surface area (Å²) in [6, 6.07) is 1.79. The Balaban J connectivity index is 1.82. The largest absolute Gasteiger partial charge is 0.359 e. The summed E-state index contributed by atoms with van der Waals surface area (Å²) >= 11 is 6.10. The van der Waals surface area contributed by atoms with Gasteiger partial charge < -0.3 is 10.2 Å². The van der Waals surface area contributed by atoms with Gasteiger partial charge in [-0.2, -0.15) is 0 Å². The van der Waals surface area contributed by atoms with Gasteiger partial charge in [0.25, 0.3) is 0 Å². The minimum atomic E-state index is -0.355. The summed E-state index contributed by atoms with van der Waals surface area (Å²) in [5.74, 6) is 2.25. The monoisotopic (exact) mass is 294 g/mol. The van der Waals surface area contributed by atoms with E-state index in [2.05, 4.69) is 20.2 Å². The average molecular weight is 295 g/mol. The van der Waals surface area contributed by atoms with Gasteiger partial charge in [-0.05, 0) is 26.2 Å². The zero-order valence-corrected chi connectivity index (χ0v) is 12.6. The van der Waals surface area contributed by atoms with Gasteiger partial charge in [-0.1, -0.05) is 11.6 Å². The Bertz CT molecular complexity index is 546. The molecule has 2 heterocycles. The molecular formula is C14H19ClN4O. The average Bonchev–Trinajstić information content (AvgIpc) is 3.20. The number of anilines is 1. The second-order valence-electron chi connectivity index (χ2n) is 5.99. The van der Waals surface area contributed by atoms with Crippen LogP contribution >= 0.6 is 11.6 Å². The second kappa shape index (κ2) is 4.88. The molecule has 0 bridgehead atoms. The molecular weight excluding hydrogens is 276 g/mol. The molecule has 1 atom stereocenters. The summed E-state index contributed by atoms with van der Waals surface area (Å²) in [7, 11) is 1.68. The van der Waals surface area contributed by atoms with E-state index in [1.165, 1.54) is 0 Å². The third kappa shape index (κ3) is 2.46. The van der Waals surface area contributed by atoms with Gasteiger partial charge in [0.15, 0.2) is 0 Å². The lowest BCUT2D eigenvalue weighted by atomic mass is 9.89. The van der Waals surface area contributed by atoms with Crippen molar-refractivity contribution in [2.24, 2.45) is 5.41 Å². The van der Waals surface area contributed by atoms with Gasteiger partial charge in [0, 0.05) is 32.1 Å². The van der Waals surface area contributed by atoms with Crippen molar-refractivity contribution in [1.82, 2.24) is 15.3 Å². The summed E-state index contributed by atoms with van der Waals surface area (Å²) in [6.07, 6.45) is 3.12. The molecule has 2 fully saturated rings. The SMILES string of the molecule is CNC(=O)C1(C)CCN(c2cc(Cl)nc(C3CC3)n2)C1. The van der Waals surface area contributed by atoms with Crippen molar-refractivity contribution < 1.29 is 4.79 Å². The molecule has 6 heteroatoms. The molecule has 20 heavy (non-hydrogen) atoms. The third-order valence-corrected chi connectivity index (χ3v) is 4.41. The van der Waals surface area contributed by atoms with Crippen LogP contribution in [0.5, 0.6) is 0 Å². The number of carbonyl (C=O) groups is 1. The van der Waals surface area contributed by atoms with Crippen LogP contribution in [0.4, 0.5) is 5.82 Å². The van der Waals surface area contributed by atoms with Crippen LogP contribution in [-0.2, 0) is 4.79 Å². The number of rotatable bonds is 3. The van der Waals surface area contributed by atoms with Gasteiger partial charge in [0.2, 0.25) is 5.91 Å². The Hall–Kier alpha value is -1.36. The Kier molecular flexibility index (Phi) is 3.32. The van der Waals surface area contributed by atoms with Crippen molar-refractivity contribution in [1.29, 1.82) is 0 Å². The van der Waals surface area contributed by atoms with Crippen molar-refractivity contribution in [2.45, 2.75) is 32.1 Å². The molecule has 1 aromatic rings. The van der Waals surface area contributed by atoms with Crippen molar-refractivity contribution in [3.63, 3.8) is 0 Å². The van der Waals surface area contributed by atoms with E-state index in [4.69, 9.17) is 11.6 Å². The van der Waals surface area contributed by atoms with Gasteiger partial charge in [0.05, 0.1) is 5.41 Å². The van der Waals surface area contributed by atoms with Crippen LogP contribution in [-0.4, -0.2) is 36.0 Å². The molecule has 5 nitrogen and oxygen atoms in total. The van der Waals surface area contributed by atoms with Crippen LogP contribution in [0, 0.1) is 5.41 Å². The number of hydrogen-bond acceptors (Lipinski definition) is 4. The molecule has 1 aliphatic carbocycles. The van der Waals surface area contributed by atoms with Crippen LogP contribution in [0.25, 0.3) is 0 Å². The minimum absolute atomic E-state index is 0.0857. The predicted octanol–water partition coefficient (Wildman–Crippen LogP) is 1.97. The van der Waals surface area contributed by atoms with E-state index >= 15 is 0 Å². The standard InChI is InChI=1S/C14H19ClN4O/c1-14(13(20)16-2)5-6-19(8-14)11-7-10(15)17-12(18-11)9-3-4-9/h7,9H,3-6,8H2,1-2H3,(H,16,20). The first-order valence-corrected chi connectivity index (χ1v) is 7.41. The van der Waals surface area contributed by atoms with Crippen LogP contribution < -0.4 is 10.2 Å². The smallest absolute Gasteiger partial charge is 0.227 e. The lowest BCUT2D eigenvalue weighted by Gasteiger charge is -2.23. The quantitative estimate of drug-likeness (QED) is 0.866. The normalized spacial score (nSPS) is 25.9. The lowest BCUT2D eigenvalue weighted by molar-refractivity contribution is -0.128. The van der Waals surface area contributed by atoms with E-state index < -0.39 is 0 Å². The molecule has 2 aliphatic rings. The van der Waals surface area contributed by atoms with Gasteiger partial charge in [-0.3, -0.25) is 4.79 Å². The number of carbonyl (C=O) groups excluding carboxylic acids is 1. The molecule has 3 rings (SSSR count). The van der Waals surface area contributed by atoms with E-state index in [1.807, 2.05) is 6.92 Å². The van der Waals surface area contributed by atoms with E-state index in [1.54, 1.807) is 13.1 Å². The first-order valence-electron chi connectivity index (χ1n) is 7.03. The van der Waals surface area contributed by atoms with Crippen LogP contribution in [0.15, 0.2) is 6.07 Å². The predicted molar refractivity (Wildman–Crippen MR) is 78.0 cm³/mol. The minimum Gasteiger partial charge on any atom is -0.359 e. The maximum atomic E-state index is 12.0. The molecule has 1 saturated heterocycles. The molecule has 1 unspecified atom stereocenters.